The molecule has 0 amide bonds. The van der Waals surface area contributed by atoms with Gasteiger partial charge in [-0.25, -0.2) is 0 Å². The second kappa shape index (κ2) is 9.48. The number of nitrogens with one attached hydrogen (secondary N) is 1. The third-order valence-corrected chi connectivity index (χ3v) is 7.29. The lowest BCUT2D eigenvalue weighted by atomic mass is 9.73. The zero-order valence-electron chi connectivity index (χ0n) is 21.2. The first kappa shape index (κ1) is 22.9. The highest BCUT2D eigenvalue weighted by Crippen LogP contribution is 2.52. The molecule has 37 heavy (non-hydrogen) atoms. The molecule has 1 aliphatic rings. The van der Waals surface area contributed by atoms with Crippen LogP contribution in [0.25, 0.3) is 17.2 Å². The van der Waals surface area contributed by atoms with E-state index in [0.717, 1.165) is 11.4 Å². The molecule has 0 saturated heterocycles. The number of hydrogen-bond donors (Lipinski definition) is 1. The Hall–Kier alpha value is -4.56. The van der Waals surface area contributed by atoms with Crippen molar-refractivity contribution in [2.45, 2.75) is 19.3 Å². The van der Waals surface area contributed by atoms with Crippen molar-refractivity contribution < 1.29 is 0 Å². The number of para-hydroxylation sites is 2. The van der Waals surface area contributed by atoms with Crippen LogP contribution < -0.4 is 10.2 Å². The molecule has 0 unspecified atom stereocenters. The highest BCUT2D eigenvalue weighted by molar-refractivity contribution is 5.87. The van der Waals surface area contributed by atoms with Crippen molar-refractivity contribution in [3.8, 4) is 11.1 Å². The minimum absolute atomic E-state index is 0.122. The fourth-order valence-corrected chi connectivity index (χ4v) is 5.31. The largest absolute Gasteiger partial charge is 0.362 e. The molecule has 1 N–H and O–H groups in total. The van der Waals surface area contributed by atoms with E-state index in [9.17, 15) is 0 Å². The molecular weight excluding hydrogens is 448 g/mol. The van der Waals surface area contributed by atoms with Gasteiger partial charge in [-0.2, -0.15) is 0 Å². The van der Waals surface area contributed by atoms with Gasteiger partial charge < -0.3 is 10.2 Å². The van der Waals surface area contributed by atoms with Gasteiger partial charge in [0.1, 0.15) is 0 Å². The normalized spacial score (nSPS) is 13.7. The minimum Gasteiger partial charge on any atom is -0.362 e. The second-order valence-corrected chi connectivity index (χ2v) is 10.0. The number of fused-ring (bicyclic) bond motifs is 2. The van der Waals surface area contributed by atoms with Crippen LogP contribution in [0.4, 0.5) is 22.7 Å². The summed E-state index contributed by atoms with van der Waals surface area (Å²) in [4.78, 5) is 2.40. The maximum atomic E-state index is 3.37. The SMILES string of the molecule is CC1(C)c2ccccc2N(c2ccc(-c3ccccc3)cc2)c2ccc(/C=C/Nc3ccccc3)cc21. The van der Waals surface area contributed by atoms with Gasteiger partial charge in [0.25, 0.3) is 0 Å². The van der Waals surface area contributed by atoms with Crippen LogP contribution in [0.1, 0.15) is 30.5 Å². The molecule has 0 bridgehead atoms. The Bertz CT molecular complexity index is 1550. The van der Waals surface area contributed by atoms with Crippen molar-refractivity contribution in [1.82, 2.24) is 0 Å². The predicted octanol–water partition coefficient (Wildman–Crippen LogP) is 9.55. The molecule has 6 rings (SSSR count). The summed E-state index contributed by atoms with van der Waals surface area (Å²) in [5.41, 5.74) is 10.9. The smallest absolute Gasteiger partial charge is 0.0503 e. The van der Waals surface area contributed by atoms with E-state index < -0.39 is 0 Å². The van der Waals surface area contributed by atoms with Gasteiger partial charge in [0, 0.05) is 23.0 Å². The van der Waals surface area contributed by atoms with Crippen molar-refractivity contribution in [1.29, 1.82) is 0 Å². The van der Waals surface area contributed by atoms with Gasteiger partial charge in [-0.15, -0.1) is 0 Å². The maximum Gasteiger partial charge on any atom is 0.0503 e. The van der Waals surface area contributed by atoms with Gasteiger partial charge in [-0.05, 0) is 76.4 Å². The van der Waals surface area contributed by atoms with Gasteiger partial charge in [0.15, 0.2) is 0 Å². The Morgan fingerprint density at radius 3 is 1.97 bits per heavy atom. The van der Waals surface area contributed by atoms with Crippen LogP contribution in [0, 0.1) is 0 Å². The quantitative estimate of drug-likeness (QED) is 0.270. The fourth-order valence-electron chi connectivity index (χ4n) is 5.31. The molecule has 5 aromatic carbocycles. The first-order chi connectivity index (χ1) is 18.1. The van der Waals surface area contributed by atoms with Crippen molar-refractivity contribution >= 4 is 28.8 Å². The molecule has 2 heteroatoms. The molecule has 1 heterocycles. The fraction of sp³-hybridized carbons (Fsp3) is 0.0857. The Morgan fingerprint density at radius 2 is 1.22 bits per heavy atom. The third kappa shape index (κ3) is 4.32. The summed E-state index contributed by atoms with van der Waals surface area (Å²) in [7, 11) is 0. The van der Waals surface area contributed by atoms with Crippen LogP contribution in [0.2, 0.25) is 0 Å². The van der Waals surface area contributed by atoms with E-state index in [1.54, 1.807) is 0 Å². The van der Waals surface area contributed by atoms with E-state index in [1.165, 1.54) is 39.2 Å². The Kier molecular flexibility index (Phi) is 5.86. The molecule has 0 fully saturated rings. The van der Waals surface area contributed by atoms with Crippen LogP contribution in [-0.4, -0.2) is 0 Å². The standard InChI is InChI=1S/C35H30N2/c1-35(2)31-15-9-10-16-33(31)37(30-20-18-28(19-21-30)27-11-5-3-6-12-27)34-22-17-26(25-32(34)35)23-24-36-29-13-7-4-8-14-29/h3-25,36H,1-2H3/b24-23+. The van der Waals surface area contributed by atoms with Crippen LogP contribution in [-0.2, 0) is 5.41 Å². The van der Waals surface area contributed by atoms with Crippen LogP contribution in [0.3, 0.4) is 0 Å². The van der Waals surface area contributed by atoms with Gasteiger partial charge in [0.05, 0.1) is 11.4 Å². The van der Waals surface area contributed by atoms with Gasteiger partial charge in [-0.1, -0.05) is 98.8 Å². The Balaban J connectivity index is 1.40. The second-order valence-electron chi connectivity index (χ2n) is 10.0. The summed E-state index contributed by atoms with van der Waals surface area (Å²) in [6.07, 6.45) is 4.16. The van der Waals surface area contributed by atoms with E-state index in [0.29, 0.717) is 0 Å². The first-order valence-electron chi connectivity index (χ1n) is 12.8. The van der Waals surface area contributed by atoms with Gasteiger partial charge in [-0.3, -0.25) is 0 Å². The highest BCUT2D eigenvalue weighted by Gasteiger charge is 2.36. The minimum atomic E-state index is -0.122. The maximum absolute atomic E-state index is 3.37. The average Bonchev–Trinajstić information content (AvgIpc) is 2.95. The summed E-state index contributed by atoms with van der Waals surface area (Å²) in [6.45, 7) is 4.66. The van der Waals surface area contributed by atoms with Gasteiger partial charge in [0.2, 0.25) is 0 Å². The topological polar surface area (TPSA) is 15.3 Å². The van der Waals surface area contributed by atoms with E-state index in [2.05, 4.69) is 139 Å². The van der Waals surface area contributed by atoms with Gasteiger partial charge >= 0.3 is 0 Å². The number of rotatable bonds is 5. The molecule has 5 aromatic rings. The molecule has 1 aliphatic heterocycles. The zero-order valence-corrected chi connectivity index (χ0v) is 21.2. The molecule has 180 valence electrons. The molecule has 0 atom stereocenters. The van der Waals surface area contributed by atoms with Crippen molar-refractivity contribution in [3.63, 3.8) is 0 Å². The highest BCUT2D eigenvalue weighted by atomic mass is 15.2. The molecule has 0 radical (unpaired) electrons. The predicted molar refractivity (Wildman–Crippen MR) is 158 cm³/mol. The van der Waals surface area contributed by atoms with E-state index in [-0.39, 0.29) is 5.41 Å². The monoisotopic (exact) mass is 478 g/mol. The van der Waals surface area contributed by atoms with Crippen LogP contribution in [0.5, 0.6) is 0 Å². The number of benzene rings is 5. The van der Waals surface area contributed by atoms with Crippen molar-refractivity contribution in [3.05, 3.63) is 150 Å². The van der Waals surface area contributed by atoms with E-state index in [1.807, 2.05) is 24.4 Å². The molecule has 2 nitrogen and oxygen atoms in total. The number of hydrogen-bond acceptors (Lipinski definition) is 2. The third-order valence-electron chi connectivity index (χ3n) is 7.29. The zero-order chi connectivity index (χ0) is 25.2. The number of anilines is 4. The Labute approximate surface area is 219 Å². The lowest BCUT2D eigenvalue weighted by Crippen LogP contribution is -2.30. The summed E-state index contributed by atoms with van der Waals surface area (Å²) < 4.78 is 0. The summed E-state index contributed by atoms with van der Waals surface area (Å²) in [5, 5.41) is 3.37. The van der Waals surface area contributed by atoms with Crippen LogP contribution >= 0.6 is 0 Å². The molecule has 0 aliphatic carbocycles. The van der Waals surface area contributed by atoms with Crippen molar-refractivity contribution in [2.24, 2.45) is 0 Å². The van der Waals surface area contributed by atoms with E-state index in [4.69, 9.17) is 0 Å². The van der Waals surface area contributed by atoms with Crippen LogP contribution in [0.15, 0.2) is 134 Å². The molecular formula is C35H30N2. The molecule has 0 saturated carbocycles. The summed E-state index contributed by atoms with van der Waals surface area (Å²) in [6, 6.07) is 45.3. The summed E-state index contributed by atoms with van der Waals surface area (Å²) >= 11 is 0. The molecule has 0 aromatic heterocycles. The average molecular weight is 479 g/mol. The summed E-state index contributed by atoms with van der Waals surface area (Å²) in [5.74, 6) is 0. The number of nitrogens with zero attached hydrogens (tertiary/aromatic N) is 1. The first-order valence-corrected chi connectivity index (χ1v) is 12.8. The molecule has 0 spiro atoms. The van der Waals surface area contributed by atoms with Crippen molar-refractivity contribution in [2.75, 3.05) is 10.2 Å². The van der Waals surface area contributed by atoms with E-state index >= 15 is 0 Å². The lowest BCUT2D eigenvalue weighted by molar-refractivity contribution is 0.631. The Morgan fingerprint density at radius 1 is 0.595 bits per heavy atom. The lowest BCUT2D eigenvalue weighted by Gasteiger charge is -2.42.